The van der Waals surface area contributed by atoms with Crippen LogP contribution in [-0.2, 0) is 10.0 Å². The van der Waals surface area contributed by atoms with E-state index in [0.717, 1.165) is 11.3 Å². The maximum Gasteiger partial charge on any atom is 0.263 e. The Morgan fingerprint density at radius 2 is 1.68 bits per heavy atom. The van der Waals surface area contributed by atoms with E-state index in [4.69, 9.17) is 9.47 Å². The van der Waals surface area contributed by atoms with E-state index in [1.54, 1.807) is 51.6 Å². The number of ether oxygens (including phenoxy) is 2. The third kappa shape index (κ3) is 4.34. The van der Waals surface area contributed by atoms with Crippen molar-refractivity contribution in [3.63, 3.8) is 0 Å². The van der Waals surface area contributed by atoms with Crippen LogP contribution in [0.5, 0.6) is 11.5 Å². The number of pyridine rings is 1. The zero-order valence-electron chi connectivity index (χ0n) is 15.8. The highest BCUT2D eigenvalue weighted by atomic mass is 32.2. The van der Waals surface area contributed by atoms with Gasteiger partial charge in [-0.1, -0.05) is 12.1 Å². The van der Waals surface area contributed by atoms with Crippen molar-refractivity contribution in [1.29, 1.82) is 0 Å². The van der Waals surface area contributed by atoms with Crippen LogP contribution < -0.4 is 19.5 Å². The summed E-state index contributed by atoms with van der Waals surface area (Å²) in [6.07, 6.45) is 1.55. The predicted molar refractivity (Wildman–Crippen MR) is 109 cm³/mol. The molecule has 0 aliphatic rings. The minimum atomic E-state index is -3.75. The van der Waals surface area contributed by atoms with Gasteiger partial charge in [-0.05, 0) is 55.0 Å². The van der Waals surface area contributed by atoms with Gasteiger partial charge in [0, 0.05) is 0 Å². The molecule has 0 amide bonds. The van der Waals surface area contributed by atoms with Crippen LogP contribution in [0.3, 0.4) is 0 Å². The predicted octanol–water partition coefficient (Wildman–Crippen LogP) is 3.95. The van der Waals surface area contributed by atoms with Crippen LogP contribution in [0.25, 0.3) is 0 Å². The molecule has 1 heterocycles. The number of anilines is 3. The Balaban J connectivity index is 1.75. The molecule has 0 unspecified atom stereocenters. The van der Waals surface area contributed by atoms with Crippen LogP contribution in [0.1, 0.15) is 5.56 Å². The number of methoxy groups -OCH3 is 2. The first-order chi connectivity index (χ1) is 13.4. The Bertz CT molecular complexity index is 1070. The molecule has 0 bridgehead atoms. The lowest BCUT2D eigenvalue weighted by Crippen LogP contribution is -2.14. The lowest BCUT2D eigenvalue weighted by Gasteiger charge is -2.12. The fraction of sp³-hybridized carbons (Fsp3) is 0.150. The van der Waals surface area contributed by atoms with E-state index in [1.165, 1.54) is 6.07 Å². The van der Waals surface area contributed by atoms with Gasteiger partial charge < -0.3 is 14.8 Å². The molecule has 0 aliphatic heterocycles. The quantitative estimate of drug-likeness (QED) is 0.625. The number of aromatic nitrogens is 1. The van der Waals surface area contributed by atoms with E-state index >= 15 is 0 Å². The second-order valence-corrected chi connectivity index (χ2v) is 7.68. The average Bonchev–Trinajstić information content (AvgIpc) is 2.69. The van der Waals surface area contributed by atoms with Gasteiger partial charge in [0.2, 0.25) is 0 Å². The van der Waals surface area contributed by atoms with Gasteiger partial charge in [-0.3, -0.25) is 4.72 Å². The Labute approximate surface area is 164 Å². The van der Waals surface area contributed by atoms with Crippen LogP contribution in [-0.4, -0.2) is 27.6 Å². The Hall–Kier alpha value is -3.26. The Kier molecular flexibility index (Phi) is 5.70. The first-order valence-electron chi connectivity index (χ1n) is 8.46. The second kappa shape index (κ2) is 8.18. The first-order valence-corrected chi connectivity index (χ1v) is 9.95. The standard InChI is InChI=1S/C20H21N3O4S/c1-14-12-16(9-10-18(14)26-2)28(24,25)23-20-11-8-15(13-21-20)22-17-6-4-5-7-19(17)27-3/h4-13,22H,1-3H3,(H,21,23). The largest absolute Gasteiger partial charge is 0.496 e. The molecule has 0 saturated carbocycles. The molecule has 2 N–H and O–H groups in total. The van der Waals surface area contributed by atoms with Crippen LogP contribution in [0.2, 0.25) is 0 Å². The highest BCUT2D eigenvalue weighted by Crippen LogP contribution is 2.27. The van der Waals surface area contributed by atoms with E-state index in [0.29, 0.717) is 17.2 Å². The highest BCUT2D eigenvalue weighted by Gasteiger charge is 2.16. The average molecular weight is 399 g/mol. The summed E-state index contributed by atoms with van der Waals surface area (Å²) in [4.78, 5) is 4.32. The summed E-state index contributed by atoms with van der Waals surface area (Å²) < 4.78 is 38.1. The number of hydrogen-bond acceptors (Lipinski definition) is 6. The van der Waals surface area contributed by atoms with Crippen molar-refractivity contribution in [2.45, 2.75) is 11.8 Å². The molecule has 2 aromatic carbocycles. The number of nitrogens with one attached hydrogen (secondary N) is 2. The molecular formula is C20H21N3O4S. The van der Waals surface area contributed by atoms with Gasteiger partial charge in [-0.25, -0.2) is 13.4 Å². The maximum absolute atomic E-state index is 12.6. The van der Waals surface area contributed by atoms with Gasteiger partial charge in [0.05, 0.1) is 36.7 Å². The highest BCUT2D eigenvalue weighted by molar-refractivity contribution is 7.92. The van der Waals surface area contributed by atoms with Gasteiger partial charge in [0.25, 0.3) is 10.0 Å². The van der Waals surface area contributed by atoms with E-state index in [-0.39, 0.29) is 10.7 Å². The molecule has 146 valence electrons. The summed E-state index contributed by atoms with van der Waals surface area (Å²) in [6, 6.07) is 15.5. The number of nitrogens with zero attached hydrogens (tertiary/aromatic N) is 1. The number of sulfonamides is 1. The number of rotatable bonds is 7. The summed E-state index contributed by atoms with van der Waals surface area (Å²) in [7, 11) is -0.616. The van der Waals surface area contributed by atoms with Crippen LogP contribution >= 0.6 is 0 Å². The molecule has 28 heavy (non-hydrogen) atoms. The summed E-state index contributed by atoms with van der Waals surface area (Å²) in [5, 5.41) is 3.19. The van der Waals surface area contributed by atoms with E-state index < -0.39 is 10.0 Å². The zero-order valence-corrected chi connectivity index (χ0v) is 16.6. The molecule has 0 aliphatic carbocycles. The third-order valence-electron chi connectivity index (χ3n) is 4.07. The second-order valence-electron chi connectivity index (χ2n) is 5.99. The lowest BCUT2D eigenvalue weighted by atomic mass is 10.2. The third-order valence-corrected chi connectivity index (χ3v) is 5.42. The molecule has 7 nitrogen and oxygen atoms in total. The van der Waals surface area contributed by atoms with Crippen molar-refractivity contribution in [3.05, 3.63) is 66.4 Å². The number of aryl methyl sites for hydroxylation is 1. The van der Waals surface area contributed by atoms with Gasteiger partial charge in [-0.15, -0.1) is 0 Å². The number of benzene rings is 2. The molecule has 0 fully saturated rings. The van der Waals surface area contributed by atoms with Crippen molar-refractivity contribution in [2.24, 2.45) is 0 Å². The number of para-hydroxylation sites is 2. The molecule has 1 aromatic heterocycles. The fourth-order valence-corrected chi connectivity index (χ4v) is 3.74. The Morgan fingerprint density at radius 1 is 0.929 bits per heavy atom. The smallest absolute Gasteiger partial charge is 0.263 e. The van der Waals surface area contributed by atoms with E-state index in [9.17, 15) is 8.42 Å². The summed E-state index contributed by atoms with van der Waals surface area (Å²) in [6.45, 7) is 1.79. The topological polar surface area (TPSA) is 89.6 Å². The number of hydrogen-bond donors (Lipinski definition) is 2. The van der Waals surface area contributed by atoms with Gasteiger partial charge in [-0.2, -0.15) is 0 Å². The molecule has 8 heteroatoms. The van der Waals surface area contributed by atoms with Crippen molar-refractivity contribution in [3.8, 4) is 11.5 Å². The minimum Gasteiger partial charge on any atom is -0.496 e. The molecule has 3 aromatic rings. The van der Waals surface area contributed by atoms with Crippen molar-refractivity contribution < 1.29 is 17.9 Å². The molecule has 0 spiro atoms. The molecule has 0 radical (unpaired) electrons. The van der Waals surface area contributed by atoms with Gasteiger partial charge in [0.15, 0.2) is 0 Å². The summed E-state index contributed by atoms with van der Waals surface area (Å²) >= 11 is 0. The van der Waals surface area contributed by atoms with Gasteiger partial charge >= 0.3 is 0 Å². The SMILES string of the molecule is COc1ccc(S(=O)(=O)Nc2ccc(Nc3ccccc3OC)cn2)cc1C. The lowest BCUT2D eigenvalue weighted by molar-refractivity contribution is 0.411. The summed E-state index contributed by atoms with van der Waals surface area (Å²) in [5.41, 5.74) is 2.22. The van der Waals surface area contributed by atoms with Crippen molar-refractivity contribution in [1.82, 2.24) is 4.98 Å². The van der Waals surface area contributed by atoms with Crippen LogP contribution in [0.4, 0.5) is 17.2 Å². The maximum atomic E-state index is 12.6. The first kappa shape index (κ1) is 19.5. The van der Waals surface area contributed by atoms with Crippen LogP contribution in [0, 0.1) is 6.92 Å². The fourth-order valence-electron chi connectivity index (χ4n) is 2.65. The monoisotopic (exact) mass is 399 g/mol. The Morgan fingerprint density at radius 3 is 2.32 bits per heavy atom. The molecule has 0 atom stereocenters. The van der Waals surface area contributed by atoms with E-state index in [1.807, 2.05) is 24.3 Å². The molecule has 3 rings (SSSR count). The van der Waals surface area contributed by atoms with Gasteiger partial charge in [0.1, 0.15) is 17.3 Å². The van der Waals surface area contributed by atoms with Crippen LogP contribution in [0.15, 0.2) is 65.7 Å². The zero-order chi connectivity index (χ0) is 20.1. The minimum absolute atomic E-state index is 0.142. The summed E-state index contributed by atoms with van der Waals surface area (Å²) in [5.74, 6) is 1.55. The molecule has 0 saturated heterocycles. The molecular weight excluding hydrogens is 378 g/mol. The normalized spacial score (nSPS) is 11.0. The van der Waals surface area contributed by atoms with E-state index in [2.05, 4.69) is 15.0 Å². The van der Waals surface area contributed by atoms with Crippen molar-refractivity contribution >= 4 is 27.2 Å². The van der Waals surface area contributed by atoms with Crippen molar-refractivity contribution in [2.75, 3.05) is 24.3 Å².